The fraction of sp³-hybridized carbons (Fsp3) is 0.371. The number of carbonyl (C=O) groups is 8. The average molecular weight is 1280 g/mol. The van der Waals surface area contributed by atoms with Gasteiger partial charge in [-0.3, -0.25) is 33.9 Å². The van der Waals surface area contributed by atoms with Crippen molar-refractivity contribution in [3.05, 3.63) is 132 Å². The number of hydrogen-bond acceptors (Lipinski definition) is 18. The van der Waals surface area contributed by atoms with Crippen LogP contribution in [0, 0.1) is 11.7 Å². The molecular weight excluding hydrogens is 1210 g/mol. The van der Waals surface area contributed by atoms with E-state index in [1.54, 1.807) is 62.4 Å². The lowest BCUT2D eigenvalue weighted by Gasteiger charge is -2.25. The van der Waals surface area contributed by atoms with E-state index in [0.717, 1.165) is 23.1 Å². The van der Waals surface area contributed by atoms with Crippen LogP contribution in [0.25, 0.3) is 33.5 Å². The molecule has 0 saturated heterocycles. The maximum absolute atomic E-state index is 14.7. The van der Waals surface area contributed by atoms with E-state index in [4.69, 9.17) is 34.2 Å². The van der Waals surface area contributed by atoms with E-state index in [9.17, 15) is 56.6 Å². The summed E-state index contributed by atoms with van der Waals surface area (Å²) in [5, 5.41) is 26.1. The van der Waals surface area contributed by atoms with Gasteiger partial charge in [0.1, 0.15) is 54.1 Å². The van der Waals surface area contributed by atoms with Crippen LogP contribution in [0.2, 0.25) is 0 Å². The standard InChI is InChI=1S/C62H71F3N12O15/c1-37(2)54(76-51(78)18-22-87-25-27-89-29-30-90-28-26-88-24-21-77-52(79)16-17-53(77)80)59(82)73-48(7-4-19-67-61(66)85)58(81)71-42-12-8-38(9-13-42)36-92-62(86)68-20-23-91-43-32-41-31-39(11-15-45(41)69-34-43)55-56(46-5-3-6-47(72-46)57(64)65)75-50(74-55)35-70-49-33-40(60(83)84)10-14-44(49)63/h3,5-6,8-17,31-34,37,48,54,57,70H,4,7,18-30,35-36H2,1-2H3,(H,68,86)(H,71,81)(H,73,82)(H,74,75)(H,76,78)(H,83,84)(H3,66,67,85)/t48?,54-/m0/s1. The third-order valence-corrected chi connectivity index (χ3v) is 13.6. The van der Waals surface area contributed by atoms with Gasteiger partial charge in [0.15, 0.2) is 0 Å². The zero-order valence-electron chi connectivity index (χ0n) is 50.3. The Morgan fingerprint density at radius 2 is 1.47 bits per heavy atom. The summed E-state index contributed by atoms with van der Waals surface area (Å²) in [7, 11) is 0. The van der Waals surface area contributed by atoms with E-state index in [1.165, 1.54) is 36.5 Å². The molecule has 4 heterocycles. The summed E-state index contributed by atoms with van der Waals surface area (Å²) in [4.78, 5) is 116. The number of carboxylic acids is 1. The molecular formula is C62H71F3N12O15. The molecule has 6 aromatic rings. The van der Waals surface area contributed by atoms with Crippen LogP contribution in [-0.2, 0) is 60.8 Å². The molecule has 1 unspecified atom stereocenters. The highest BCUT2D eigenvalue weighted by molar-refractivity contribution is 6.12. The smallest absolute Gasteiger partial charge is 0.407 e. The number of halogens is 3. The van der Waals surface area contributed by atoms with Gasteiger partial charge in [-0.2, -0.15) is 0 Å². The van der Waals surface area contributed by atoms with Crippen LogP contribution in [0.15, 0.2) is 103 Å². The SMILES string of the molecule is CC(C)[C@H](NC(=O)CCOCCOCCOCCOCCN1C(=O)C=CC1=O)C(=O)NC(CCCNC(N)=O)C(=O)Nc1ccc(COC(=O)NCCOc2cnc3ccc(-c4[nH]c(CNc5cc(C(=O)O)ccc5F)nc4-c4cccc(C(F)F)n4)cc3c2)cc1. The number of H-pyrrole nitrogens is 1. The quantitative estimate of drug-likeness (QED) is 0.0164. The number of primary amides is 1. The number of urea groups is 1. The van der Waals surface area contributed by atoms with Crippen LogP contribution in [0.4, 0.5) is 34.1 Å². The predicted molar refractivity (Wildman–Crippen MR) is 326 cm³/mol. The Bertz CT molecular complexity index is 3540. The number of carboxylic acid groups (broad SMARTS) is 1. The number of hydrogen-bond donors (Lipinski definition) is 9. The van der Waals surface area contributed by atoms with Gasteiger partial charge in [0.05, 0.1) is 107 Å². The van der Waals surface area contributed by atoms with E-state index in [2.05, 4.69) is 51.8 Å². The van der Waals surface area contributed by atoms with Gasteiger partial charge >= 0.3 is 18.1 Å². The number of anilines is 2. The lowest BCUT2D eigenvalue weighted by molar-refractivity contribution is -0.137. The molecule has 3 aromatic carbocycles. The molecule has 7 rings (SSSR count). The number of benzene rings is 3. The average Bonchev–Trinajstić information content (AvgIpc) is 1.59. The van der Waals surface area contributed by atoms with E-state index in [0.29, 0.717) is 52.4 Å². The van der Waals surface area contributed by atoms with Crippen molar-refractivity contribution in [1.29, 1.82) is 0 Å². The number of aromatic amines is 1. The molecule has 0 radical (unpaired) electrons. The zero-order valence-corrected chi connectivity index (χ0v) is 50.3. The third-order valence-electron chi connectivity index (χ3n) is 13.6. The van der Waals surface area contributed by atoms with Crippen LogP contribution in [0.5, 0.6) is 5.75 Å². The molecule has 92 heavy (non-hydrogen) atoms. The third kappa shape index (κ3) is 21.9. The number of alkyl carbamates (subject to hydrolysis) is 1. The van der Waals surface area contributed by atoms with Crippen molar-refractivity contribution < 1.29 is 85.1 Å². The first kappa shape index (κ1) is 69.4. The van der Waals surface area contributed by atoms with Gasteiger partial charge in [-0.15, -0.1) is 0 Å². The highest BCUT2D eigenvalue weighted by Crippen LogP contribution is 2.33. The molecule has 1 aliphatic rings. The number of amides is 8. The Hall–Kier alpha value is -10.0. The topological polar surface area (TPSA) is 368 Å². The molecule has 10 N–H and O–H groups in total. The second-order valence-corrected chi connectivity index (χ2v) is 20.8. The van der Waals surface area contributed by atoms with E-state index >= 15 is 0 Å². The number of ether oxygens (including phenoxy) is 6. The molecule has 490 valence electrons. The van der Waals surface area contributed by atoms with Crippen LogP contribution in [0.3, 0.4) is 0 Å². The van der Waals surface area contributed by atoms with Crippen molar-refractivity contribution in [2.45, 2.75) is 64.8 Å². The second-order valence-electron chi connectivity index (χ2n) is 20.8. The molecule has 0 saturated carbocycles. The summed E-state index contributed by atoms with van der Waals surface area (Å²) in [6.07, 6.45) is 0.609. The van der Waals surface area contributed by atoms with E-state index in [1.807, 2.05) is 0 Å². The van der Waals surface area contributed by atoms with Gasteiger partial charge in [-0.05, 0) is 85.0 Å². The number of alkyl halides is 2. The lowest BCUT2D eigenvalue weighted by Crippen LogP contribution is -2.54. The molecule has 0 fully saturated rings. The summed E-state index contributed by atoms with van der Waals surface area (Å²) >= 11 is 0. The predicted octanol–water partition coefficient (Wildman–Crippen LogP) is 5.77. The number of nitrogens with two attached hydrogens (primary N) is 1. The summed E-state index contributed by atoms with van der Waals surface area (Å²) in [6.45, 7) is 5.38. The molecule has 30 heteroatoms. The van der Waals surface area contributed by atoms with Gasteiger partial charge in [-0.1, -0.05) is 38.1 Å². The highest BCUT2D eigenvalue weighted by atomic mass is 19.3. The van der Waals surface area contributed by atoms with Crippen LogP contribution in [-0.4, -0.2) is 169 Å². The van der Waals surface area contributed by atoms with Crippen molar-refractivity contribution in [1.82, 2.24) is 46.1 Å². The maximum atomic E-state index is 14.7. The minimum absolute atomic E-state index is 0.0136. The molecule has 1 aliphatic heterocycles. The molecule has 0 aliphatic carbocycles. The number of imidazole rings is 1. The van der Waals surface area contributed by atoms with Crippen LogP contribution >= 0.6 is 0 Å². The number of fused-ring (bicyclic) bond motifs is 1. The fourth-order valence-electron chi connectivity index (χ4n) is 8.92. The normalized spacial score (nSPS) is 12.7. The van der Waals surface area contributed by atoms with Crippen molar-refractivity contribution >= 4 is 69.9 Å². The number of pyridine rings is 2. The first-order valence-electron chi connectivity index (χ1n) is 29.2. The summed E-state index contributed by atoms with van der Waals surface area (Å²) in [6, 6.07) is 17.9. The van der Waals surface area contributed by atoms with Crippen molar-refractivity contribution in [2.24, 2.45) is 11.7 Å². The molecule has 2 atom stereocenters. The number of nitrogens with one attached hydrogen (secondary N) is 7. The summed E-state index contributed by atoms with van der Waals surface area (Å²) < 4.78 is 75.3. The summed E-state index contributed by atoms with van der Waals surface area (Å²) in [5.41, 5.74) is 7.33. The number of carbonyl (C=O) groups excluding carboxylic acids is 7. The molecule has 3 aromatic heterocycles. The fourth-order valence-corrected chi connectivity index (χ4v) is 8.92. The minimum atomic E-state index is -2.86. The molecule has 0 spiro atoms. The molecule has 27 nitrogen and oxygen atoms in total. The van der Waals surface area contributed by atoms with E-state index < -0.39 is 65.8 Å². The van der Waals surface area contributed by atoms with Crippen LogP contribution < -0.4 is 42.4 Å². The Morgan fingerprint density at radius 3 is 2.15 bits per heavy atom. The number of rotatable bonds is 38. The van der Waals surface area contributed by atoms with Gasteiger partial charge in [0, 0.05) is 41.8 Å². The number of nitrogens with zero attached hydrogens (tertiary/aromatic N) is 4. The van der Waals surface area contributed by atoms with Crippen molar-refractivity contribution in [2.75, 3.05) is 89.7 Å². The van der Waals surface area contributed by atoms with Gasteiger partial charge in [-0.25, -0.2) is 37.5 Å². The van der Waals surface area contributed by atoms with Crippen LogP contribution in [0.1, 0.15) is 67.0 Å². The van der Waals surface area contributed by atoms with Gasteiger partial charge in [0.2, 0.25) is 17.7 Å². The Balaban J connectivity index is 0.827. The highest BCUT2D eigenvalue weighted by Gasteiger charge is 2.29. The van der Waals surface area contributed by atoms with Gasteiger partial charge in [0.25, 0.3) is 18.2 Å². The largest absolute Gasteiger partial charge is 0.490 e. The number of aromatic carboxylic acids is 1. The Morgan fingerprint density at radius 1 is 0.761 bits per heavy atom. The Kier molecular flexibility index (Phi) is 26.7. The van der Waals surface area contributed by atoms with Crippen molar-refractivity contribution in [3.8, 4) is 28.4 Å². The molecule has 8 amide bonds. The number of aromatic nitrogens is 4. The number of imide groups is 1. The van der Waals surface area contributed by atoms with E-state index in [-0.39, 0.29) is 144 Å². The minimum Gasteiger partial charge on any atom is -0.490 e. The monoisotopic (exact) mass is 1280 g/mol. The maximum Gasteiger partial charge on any atom is 0.407 e. The lowest BCUT2D eigenvalue weighted by atomic mass is 10.0. The first-order valence-corrected chi connectivity index (χ1v) is 29.2. The Labute approximate surface area is 525 Å². The van der Waals surface area contributed by atoms with Crippen molar-refractivity contribution in [3.63, 3.8) is 0 Å². The molecule has 0 bridgehead atoms. The van der Waals surface area contributed by atoms with Gasteiger partial charge < -0.3 is 76.1 Å². The first-order chi connectivity index (χ1) is 44.3. The summed E-state index contributed by atoms with van der Waals surface area (Å²) in [5.74, 6) is -4.10. The zero-order chi connectivity index (χ0) is 65.9. The second kappa shape index (κ2) is 35.4.